The number of rotatable bonds is 3. The Labute approximate surface area is 106 Å². The number of anilines is 1. The first kappa shape index (κ1) is 11.2. The predicted molar refractivity (Wildman–Crippen MR) is 74.2 cm³/mol. The second kappa shape index (κ2) is 5.19. The summed E-state index contributed by atoms with van der Waals surface area (Å²) in [6.07, 6.45) is 5.44. The van der Waals surface area contributed by atoms with Gasteiger partial charge in [0.05, 0.1) is 0 Å². The van der Waals surface area contributed by atoms with Crippen LogP contribution in [0.3, 0.4) is 0 Å². The highest BCUT2D eigenvalue weighted by Crippen LogP contribution is 2.30. The summed E-state index contributed by atoms with van der Waals surface area (Å²) in [6, 6.07) is 9.41. The normalized spacial score (nSPS) is 25.5. The summed E-state index contributed by atoms with van der Waals surface area (Å²) in [5.41, 5.74) is 1.28. The van der Waals surface area contributed by atoms with Crippen LogP contribution >= 0.6 is 22.6 Å². The van der Waals surface area contributed by atoms with Gasteiger partial charge in [0.1, 0.15) is 0 Å². The van der Waals surface area contributed by atoms with Gasteiger partial charge in [-0.1, -0.05) is 19.8 Å². The van der Waals surface area contributed by atoms with Crippen LogP contribution in [-0.2, 0) is 0 Å². The van der Waals surface area contributed by atoms with Crippen LogP contribution in [0.2, 0.25) is 0 Å². The fourth-order valence-corrected chi connectivity index (χ4v) is 2.84. The molecule has 1 nitrogen and oxygen atoms in total. The van der Waals surface area contributed by atoms with Gasteiger partial charge in [0.15, 0.2) is 0 Å². The fraction of sp³-hybridized carbons (Fsp3) is 0.538. The van der Waals surface area contributed by atoms with E-state index in [0.717, 1.165) is 5.92 Å². The van der Waals surface area contributed by atoms with E-state index in [9.17, 15) is 0 Å². The standard InChI is InChI=1S/C13H18IN/c1-2-10-4-3-5-13(10)15-12-8-6-11(14)7-9-12/h6-10,13,15H,2-5H2,1H3. The van der Waals surface area contributed by atoms with E-state index in [1.807, 2.05) is 0 Å². The smallest absolute Gasteiger partial charge is 0.0343 e. The minimum Gasteiger partial charge on any atom is -0.382 e. The predicted octanol–water partition coefficient (Wildman–Crippen LogP) is 4.28. The molecule has 82 valence electrons. The molecule has 0 radical (unpaired) electrons. The number of benzene rings is 1. The maximum Gasteiger partial charge on any atom is 0.0343 e. The maximum absolute atomic E-state index is 3.67. The molecule has 0 heterocycles. The number of halogens is 1. The molecule has 0 aromatic heterocycles. The van der Waals surface area contributed by atoms with E-state index in [2.05, 4.69) is 59.1 Å². The van der Waals surface area contributed by atoms with Crippen molar-refractivity contribution in [1.29, 1.82) is 0 Å². The van der Waals surface area contributed by atoms with E-state index in [1.54, 1.807) is 0 Å². The molecule has 1 aliphatic carbocycles. The third kappa shape index (κ3) is 2.86. The zero-order valence-electron chi connectivity index (χ0n) is 9.17. The van der Waals surface area contributed by atoms with Crippen LogP contribution in [-0.4, -0.2) is 6.04 Å². The molecule has 0 amide bonds. The molecule has 1 saturated carbocycles. The molecule has 1 aliphatic rings. The van der Waals surface area contributed by atoms with Crippen molar-refractivity contribution in [1.82, 2.24) is 0 Å². The van der Waals surface area contributed by atoms with Crippen molar-refractivity contribution in [2.24, 2.45) is 5.92 Å². The Morgan fingerprint density at radius 2 is 2.00 bits per heavy atom. The highest BCUT2D eigenvalue weighted by molar-refractivity contribution is 14.1. The SMILES string of the molecule is CCC1CCCC1Nc1ccc(I)cc1. The van der Waals surface area contributed by atoms with Crippen LogP contribution in [0, 0.1) is 9.49 Å². The Kier molecular flexibility index (Phi) is 3.89. The maximum atomic E-state index is 3.67. The van der Waals surface area contributed by atoms with Gasteiger partial charge >= 0.3 is 0 Å². The molecule has 1 aromatic rings. The van der Waals surface area contributed by atoms with Crippen LogP contribution in [0.15, 0.2) is 24.3 Å². The molecule has 1 fully saturated rings. The summed E-state index contributed by atoms with van der Waals surface area (Å²) in [7, 11) is 0. The van der Waals surface area contributed by atoms with Gasteiger partial charge in [-0.05, 0) is 65.6 Å². The van der Waals surface area contributed by atoms with Gasteiger partial charge in [-0.25, -0.2) is 0 Å². The van der Waals surface area contributed by atoms with Gasteiger partial charge in [0.25, 0.3) is 0 Å². The van der Waals surface area contributed by atoms with Crippen molar-refractivity contribution in [2.45, 2.75) is 38.6 Å². The van der Waals surface area contributed by atoms with Crippen molar-refractivity contribution >= 4 is 28.3 Å². The average molecular weight is 315 g/mol. The zero-order valence-corrected chi connectivity index (χ0v) is 11.3. The molecule has 2 rings (SSSR count). The van der Waals surface area contributed by atoms with E-state index >= 15 is 0 Å². The quantitative estimate of drug-likeness (QED) is 0.821. The van der Waals surface area contributed by atoms with E-state index in [0.29, 0.717) is 6.04 Å². The van der Waals surface area contributed by atoms with Crippen LogP contribution < -0.4 is 5.32 Å². The van der Waals surface area contributed by atoms with Crippen molar-refractivity contribution in [3.05, 3.63) is 27.8 Å². The summed E-state index contributed by atoms with van der Waals surface area (Å²) >= 11 is 2.34. The van der Waals surface area contributed by atoms with Crippen molar-refractivity contribution in [3.8, 4) is 0 Å². The van der Waals surface area contributed by atoms with Gasteiger partial charge in [-0.3, -0.25) is 0 Å². The highest BCUT2D eigenvalue weighted by Gasteiger charge is 2.25. The van der Waals surface area contributed by atoms with Gasteiger partial charge in [0, 0.05) is 15.3 Å². The van der Waals surface area contributed by atoms with Crippen molar-refractivity contribution < 1.29 is 0 Å². The molecule has 15 heavy (non-hydrogen) atoms. The molecule has 1 aromatic carbocycles. The largest absolute Gasteiger partial charge is 0.382 e. The molecule has 0 saturated heterocycles. The Morgan fingerprint density at radius 1 is 1.27 bits per heavy atom. The minimum absolute atomic E-state index is 0.704. The Balaban J connectivity index is 1.99. The highest BCUT2D eigenvalue weighted by atomic mass is 127. The Hall–Kier alpha value is -0.250. The molecular weight excluding hydrogens is 297 g/mol. The monoisotopic (exact) mass is 315 g/mol. The lowest BCUT2D eigenvalue weighted by molar-refractivity contribution is 0.489. The molecule has 0 aliphatic heterocycles. The van der Waals surface area contributed by atoms with Crippen LogP contribution in [0.4, 0.5) is 5.69 Å². The summed E-state index contributed by atoms with van der Waals surface area (Å²) in [4.78, 5) is 0. The van der Waals surface area contributed by atoms with E-state index in [4.69, 9.17) is 0 Å². The van der Waals surface area contributed by atoms with Gasteiger partial charge in [-0.2, -0.15) is 0 Å². The van der Waals surface area contributed by atoms with E-state index in [-0.39, 0.29) is 0 Å². The first-order chi connectivity index (χ1) is 7.29. The number of hydrogen-bond acceptors (Lipinski definition) is 1. The third-order valence-corrected chi connectivity index (χ3v) is 4.10. The molecule has 2 atom stereocenters. The number of hydrogen-bond donors (Lipinski definition) is 1. The molecule has 0 bridgehead atoms. The number of nitrogens with one attached hydrogen (secondary N) is 1. The molecular formula is C13H18IN. The average Bonchev–Trinajstić information content (AvgIpc) is 2.69. The third-order valence-electron chi connectivity index (χ3n) is 3.38. The van der Waals surface area contributed by atoms with E-state index < -0.39 is 0 Å². The first-order valence-corrected chi connectivity index (χ1v) is 6.89. The second-order valence-corrected chi connectivity index (χ2v) is 5.60. The van der Waals surface area contributed by atoms with Crippen molar-refractivity contribution in [3.63, 3.8) is 0 Å². The molecule has 0 spiro atoms. The lowest BCUT2D eigenvalue weighted by Crippen LogP contribution is -2.23. The lowest BCUT2D eigenvalue weighted by atomic mass is 10.0. The fourth-order valence-electron chi connectivity index (χ4n) is 2.48. The summed E-state index contributed by atoms with van der Waals surface area (Å²) < 4.78 is 1.30. The summed E-state index contributed by atoms with van der Waals surface area (Å²) in [6.45, 7) is 2.30. The van der Waals surface area contributed by atoms with Gasteiger partial charge in [-0.15, -0.1) is 0 Å². The van der Waals surface area contributed by atoms with Crippen LogP contribution in [0.1, 0.15) is 32.6 Å². The van der Waals surface area contributed by atoms with Gasteiger partial charge in [0.2, 0.25) is 0 Å². The lowest BCUT2D eigenvalue weighted by Gasteiger charge is -2.20. The second-order valence-electron chi connectivity index (χ2n) is 4.36. The van der Waals surface area contributed by atoms with E-state index in [1.165, 1.54) is 34.9 Å². The Morgan fingerprint density at radius 3 is 2.67 bits per heavy atom. The van der Waals surface area contributed by atoms with Crippen LogP contribution in [0.5, 0.6) is 0 Å². The minimum atomic E-state index is 0.704. The summed E-state index contributed by atoms with van der Waals surface area (Å²) in [5, 5.41) is 3.67. The first-order valence-electron chi connectivity index (χ1n) is 5.81. The zero-order chi connectivity index (χ0) is 10.7. The molecule has 2 unspecified atom stereocenters. The molecule has 2 heteroatoms. The van der Waals surface area contributed by atoms with Gasteiger partial charge < -0.3 is 5.32 Å². The van der Waals surface area contributed by atoms with Crippen molar-refractivity contribution in [2.75, 3.05) is 5.32 Å². The summed E-state index contributed by atoms with van der Waals surface area (Å²) in [5.74, 6) is 0.879. The Bertz CT molecular complexity index is 307. The van der Waals surface area contributed by atoms with Crippen LogP contribution in [0.25, 0.3) is 0 Å². The molecule has 1 N–H and O–H groups in total. The topological polar surface area (TPSA) is 12.0 Å².